The summed E-state index contributed by atoms with van der Waals surface area (Å²) in [5, 5.41) is 7.82. The molecule has 0 radical (unpaired) electrons. The van der Waals surface area contributed by atoms with Crippen LogP contribution in [0.3, 0.4) is 0 Å². The van der Waals surface area contributed by atoms with Gasteiger partial charge >= 0.3 is 0 Å². The second-order valence-electron chi connectivity index (χ2n) is 4.31. The number of benzene rings is 1. The van der Waals surface area contributed by atoms with Gasteiger partial charge in [-0.3, -0.25) is 0 Å². The van der Waals surface area contributed by atoms with Crippen LogP contribution in [0.2, 0.25) is 0 Å². The maximum Gasteiger partial charge on any atom is 0.153 e. The maximum atomic E-state index is 5.83. The van der Waals surface area contributed by atoms with E-state index in [4.69, 9.17) is 10.5 Å². The Kier molecular flexibility index (Phi) is 3.41. The number of nitrogen functional groups attached to an aromatic ring is 1. The minimum Gasteiger partial charge on any atom is -0.496 e. The van der Waals surface area contributed by atoms with Crippen molar-refractivity contribution in [1.82, 2.24) is 15.2 Å². The number of hydrogen-bond acceptors (Lipinski definition) is 5. The molecule has 1 aromatic heterocycles. The first kappa shape index (κ1) is 12.3. The zero-order chi connectivity index (χ0) is 13.1. The minimum absolute atomic E-state index is 0.351. The van der Waals surface area contributed by atoms with Gasteiger partial charge in [-0.2, -0.15) is 0 Å². The van der Waals surface area contributed by atoms with Gasteiger partial charge in [0.05, 0.1) is 7.11 Å². The fourth-order valence-electron chi connectivity index (χ4n) is 1.75. The topological polar surface area (TPSA) is 73.9 Å². The Morgan fingerprint density at radius 1 is 1.28 bits per heavy atom. The van der Waals surface area contributed by atoms with E-state index in [0.29, 0.717) is 23.2 Å². The third-order valence-corrected chi connectivity index (χ3v) is 2.79. The summed E-state index contributed by atoms with van der Waals surface area (Å²) in [7, 11) is 1.62. The molecule has 0 bridgehead atoms. The molecule has 1 aromatic carbocycles. The number of ether oxygens (including phenoxy) is 1. The number of aromatic nitrogens is 3. The molecule has 2 rings (SSSR count). The number of nitrogens with two attached hydrogens (primary N) is 1. The minimum atomic E-state index is 0.351. The van der Waals surface area contributed by atoms with Crippen LogP contribution in [-0.4, -0.2) is 22.3 Å². The molecule has 5 nitrogen and oxygen atoms in total. The van der Waals surface area contributed by atoms with E-state index >= 15 is 0 Å². The zero-order valence-corrected chi connectivity index (χ0v) is 10.7. The molecule has 2 N–H and O–H groups in total. The Bertz CT molecular complexity index is 554. The normalized spacial score (nSPS) is 10.7. The molecular formula is C13H16N4O. The van der Waals surface area contributed by atoms with Gasteiger partial charge in [0.2, 0.25) is 0 Å². The Hall–Kier alpha value is -2.17. The number of nitrogens with zero attached hydrogens (tertiary/aromatic N) is 3. The SMILES string of the molecule is COc1ccc(C(C)C)cc1-c1nncnc1N. The summed E-state index contributed by atoms with van der Waals surface area (Å²) in [5.74, 6) is 1.48. The van der Waals surface area contributed by atoms with Crippen LogP contribution in [0.15, 0.2) is 24.5 Å². The van der Waals surface area contributed by atoms with Gasteiger partial charge in [-0.1, -0.05) is 19.9 Å². The monoisotopic (exact) mass is 244 g/mol. The van der Waals surface area contributed by atoms with Crippen LogP contribution in [0, 0.1) is 0 Å². The second-order valence-corrected chi connectivity index (χ2v) is 4.31. The van der Waals surface area contributed by atoms with E-state index in [1.54, 1.807) is 7.11 Å². The molecule has 2 aromatic rings. The van der Waals surface area contributed by atoms with Crippen molar-refractivity contribution < 1.29 is 4.74 Å². The van der Waals surface area contributed by atoms with Crippen molar-refractivity contribution in [2.45, 2.75) is 19.8 Å². The van der Waals surface area contributed by atoms with Crippen molar-refractivity contribution >= 4 is 5.82 Å². The molecular weight excluding hydrogens is 228 g/mol. The molecule has 0 unspecified atom stereocenters. The fraction of sp³-hybridized carbons (Fsp3) is 0.308. The number of anilines is 1. The van der Waals surface area contributed by atoms with E-state index in [1.807, 2.05) is 18.2 Å². The number of rotatable bonds is 3. The summed E-state index contributed by atoms with van der Waals surface area (Å²) < 4.78 is 5.34. The Morgan fingerprint density at radius 2 is 2.06 bits per heavy atom. The zero-order valence-electron chi connectivity index (χ0n) is 10.7. The molecule has 5 heteroatoms. The Morgan fingerprint density at radius 3 is 2.67 bits per heavy atom. The molecule has 0 aliphatic rings. The number of methoxy groups -OCH3 is 1. The van der Waals surface area contributed by atoms with E-state index in [0.717, 1.165) is 5.56 Å². The van der Waals surface area contributed by atoms with Crippen molar-refractivity contribution in [3.05, 3.63) is 30.1 Å². The third kappa shape index (κ3) is 2.25. The lowest BCUT2D eigenvalue weighted by molar-refractivity contribution is 0.416. The molecule has 1 heterocycles. The van der Waals surface area contributed by atoms with Gasteiger partial charge in [-0.15, -0.1) is 10.2 Å². The highest BCUT2D eigenvalue weighted by Gasteiger charge is 2.13. The molecule has 0 amide bonds. The van der Waals surface area contributed by atoms with Crippen molar-refractivity contribution in [2.24, 2.45) is 0 Å². The Balaban J connectivity index is 2.61. The van der Waals surface area contributed by atoms with Crippen molar-refractivity contribution in [3.8, 4) is 17.0 Å². The lowest BCUT2D eigenvalue weighted by Crippen LogP contribution is -2.01. The highest BCUT2D eigenvalue weighted by atomic mass is 16.5. The highest BCUT2D eigenvalue weighted by Crippen LogP contribution is 2.33. The molecule has 0 fully saturated rings. The first-order valence-corrected chi connectivity index (χ1v) is 5.75. The van der Waals surface area contributed by atoms with Crippen LogP contribution in [0.1, 0.15) is 25.3 Å². The average molecular weight is 244 g/mol. The molecule has 0 atom stereocenters. The highest BCUT2D eigenvalue weighted by molar-refractivity contribution is 5.75. The maximum absolute atomic E-state index is 5.83. The van der Waals surface area contributed by atoms with Crippen LogP contribution in [-0.2, 0) is 0 Å². The van der Waals surface area contributed by atoms with Gasteiger partial charge < -0.3 is 10.5 Å². The van der Waals surface area contributed by atoms with Crippen LogP contribution in [0.5, 0.6) is 5.75 Å². The van der Waals surface area contributed by atoms with Gasteiger partial charge in [0, 0.05) is 5.56 Å². The average Bonchev–Trinajstić information content (AvgIpc) is 2.38. The summed E-state index contributed by atoms with van der Waals surface area (Å²) in [6.45, 7) is 4.26. The molecule has 0 saturated carbocycles. The number of hydrogen-bond donors (Lipinski definition) is 1. The Labute approximate surface area is 106 Å². The van der Waals surface area contributed by atoms with E-state index in [1.165, 1.54) is 11.9 Å². The van der Waals surface area contributed by atoms with Crippen molar-refractivity contribution in [3.63, 3.8) is 0 Å². The summed E-state index contributed by atoms with van der Waals surface area (Å²) in [6.07, 6.45) is 1.33. The predicted octanol–water partition coefficient (Wildman–Crippen LogP) is 2.25. The first-order valence-electron chi connectivity index (χ1n) is 5.75. The third-order valence-electron chi connectivity index (χ3n) is 2.79. The van der Waals surface area contributed by atoms with E-state index < -0.39 is 0 Å². The van der Waals surface area contributed by atoms with Crippen LogP contribution in [0.4, 0.5) is 5.82 Å². The van der Waals surface area contributed by atoms with Crippen molar-refractivity contribution in [2.75, 3.05) is 12.8 Å². The molecule has 0 aliphatic heterocycles. The summed E-state index contributed by atoms with van der Waals surface area (Å²) in [5.41, 5.74) is 8.40. The van der Waals surface area contributed by atoms with Gasteiger partial charge in [0.1, 0.15) is 17.8 Å². The van der Waals surface area contributed by atoms with Gasteiger partial charge in [0.15, 0.2) is 5.82 Å². The van der Waals surface area contributed by atoms with Gasteiger partial charge in [0.25, 0.3) is 0 Å². The molecule has 0 saturated heterocycles. The quantitative estimate of drug-likeness (QED) is 0.896. The van der Waals surface area contributed by atoms with Gasteiger partial charge in [-0.05, 0) is 23.6 Å². The lowest BCUT2D eigenvalue weighted by Gasteiger charge is -2.12. The lowest BCUT2D eigenvalue weighted by atomic mass is 9.99. The summed E-state index contributed by atoms with van der Waals surface area (Å²) in [6, 6.07) is 5.97. The van der Waals surface area contributed by atoms with Crippen LogP contribution >= 0.6 is 0 Å². The van der Waals surface area contributed by atoms with Crippen LogP contribution in [0.25, 0.3) is 11.3 Å². The molecule has 0 spiro atoms. The molecule has 0 aliphatic carbocycles. The van der Waals surface area contributed by atoms with Crippen LogP contribution < -0.4 is 10.5 Å². The largest absolute Gasteiger partial charge is 0.496 e. The standard InChI is InChI=1S/C13H16N4O/c1-8(2)9-4-5-11(18-3)10(6-9)12-13(14)15-7-16-17-12/h4-8H,1-3H3,(H2,14,15,16). The van der Waals surface area contributed by atoms with Crippen molar-refractivity contribution in [1.29, 1.82) is 0 Å². The van der Waals surface area contributed by atoms with E-state index in [9.17, 15) is 0 Å². The molecule has 94 valence electrons. The second kappa shape index (κ2) is 5.00. The fourth-order valence-corrected chi connectivity index (χ4v) is 1.75. The van der Waals surface area contributed by atoms with E-state index in [-0.39, 0.29) is 0 Å². The smallest absolute Gasteiger partial charge is 0.153 e. The van der Waals surface area contributed by atoms with Gasteiger partial charge in [-0.25, -0.2) is 4.98 Å². The summed E-state index contributed by atoms with van der Waals surface area (Å²) >= 11 is 0. The predicted molar refractivity (Wildman–Crippen MR) is 70.3 cm³/mol. The molecule has 18 heavy (non-hydrogen) atoms. The summed E-state index contributed by atoms with van der Waals surface area (Å²) in [4.78, 5) is 3.95. The first-order chi connectivity index (χ1) is 8.63. The van der Waals surface area contributed by atoms with E-state index in [2.05, 4.69) is 29.0 Å².